The lowest BCUT2D eigenvalue weighted by Gasteiger charge is -2.40. The Kier molecular flexibility index (Phi) is 5.03. The van der Waals surface area contributed by atoms with Crippen LogP contribution in [0, 0.1) is 5.92 Å². The van der Waals surface area contributed by atoms with Gasteiger partial charge in [0.05, 0.1) is 0 Å². The first-order chi connectivity index (χ1) is 9.93. The molecule has 2 aliphatic rings. The fourth-order valence-electron chi connectivity index (χ4n) is 3.81. The molecule has 2 N–H and O–H groups in total. The lowest BCUT2D eigenvalue weighted by atomic mass is 9.77. The molecule has 3 atom stereocenters. The predicted octanol–water partition coefficient (Wildman–Crippen LogP) is 1.90. The zero-order valence-electron chi connectivity index (χ0n) is 12.2. The fourth-order valence-corrected chi connectivity index (χ4v) is 3.81. The van der Waals surface area contributed by atoms with Crippen molar-refractivity contribution in [3.05, 3.63) is 12.2 Å². The average Bonchev–Trinajstić information content (AvgIpc) is 3.02. The van der Waals surface area contributed by atoms with E-state index in [1.54, 1.807) is 0 Å². The Balaban J connectivity index is 1.49. The number of hydrogen-bond donors (Lipinski definition) is 2. The van der Waals surface area contributed by atoms with Gasteiger partial charge in [-0.1, -0.05) is 24.4 Å². The van der Waals surface area contributed by atoms with E-state index in [-0.39, 0.29) is 0 Å². The highest BCUT2D eigenvalue weighted by atomic mass is 16.5. The number of nitrogens with zero attached hydrogens (tertiary/aromatic N) is 2. The van der Waals surface area contributed by atoms with Crippen molar-refractivity contribution >= 4 is 0 Å². The third-order valence-corrected chi connectivity index (χ3v) is 4.84. The van der Waals surface area contributed by atoms with Crippen molar-refractivity contribution in [1.82, 2.24) is 20.8 Å². The molecule has 3 unspecified atom stereocenters. The second-order valence-electron chi connectivity index (χ2n) is 6.15. The summed E-state index contributed by atoms with van der Waals surface area (Å²) < 4.78 is 5.05. The van der Waals surface area contributed by atoms with E-state index in [2.05, 4.69) is 20.8 Å². The van der Waals surface area contributed by atoms with Gasteiger partial charge in [-0.05, 0) is 38.1 Å². The molecule has 112 valence electrons. The van der Waals surface area contributed by atoms with E-state index in [1.807, 2.05) is 0 Å². The van der Waals surface area contributed by atoms with Gasteiger partial charge in [0, 0.05) is 25.0 Å². The van der Waals surface area contributed by atoms with Crippen molar-refractivity contribution in [2.75, 3.05) is 13.1 Å². The Morgan fingerprint density at radius 3 is 2.90 bits per heavy atom. The first-order valence-electron chi connectivity index (χ1n) is 8.16. The van der Waals surface area contributed by atoms with Crippen LogP contribution in [0.25, 0.3) is 0 Å². The Hall–Kier alpha value is -0.940. The summed E-state index contributed by atoms with van der Waals surface area (Å²) in [5.74, 6) is 1.53. The molecule has 1 aromatic heterocycles. The van der Waals surface area contributed by atoms with Crippen LogP contribution in [0.3, 0.4) is 0 Å². The highest BCUT2D eigenvalue weighted by Crippen LogP contribution is 2.30. The second kappa shape index (κ2) is 7.18. The maximum atomic E-state index is 5.05. The van der Waals surface area contributed by atoms with Crippen LogP contribution >= 0.6 is 0 Å². The Labute approximate surface area is 120 Å². The summed E-state index contributed by atoms with van der Waals surface area (Å²) in [5.41, 5.74) is 0. The monoisotopic (exact) mass is 278 g/mol. The standard InChI is InChI=1S/C15H26N4O/c1-2-6-14(17-10-8-15-18-11-19-20-15)12(5-1)13-7-3-4-9-16-13/h11-14,16-17H,1-10H2. The van der Waals surface area contributed by atoms with Gasteiger partial charge in [0.1, 0.15) is 0 Å². The van der Waals surface area contributed by atoms with E-state index in [4.69, 9.17) is 4.52 Å². The van der Waals surface area contributed by atoms with Crippen LogP contribution in [-0.4, -0.2) is 35.3 Å². The summed E-state index contributed by atoms with van der Waals surface area (Å²) in [6, 6.07) is 1.38. The molecule has 20 heavy (non-hydrogen) atoms. The van der Waals surface area contributed by atoms with E-state index in [1.165, 1.54) is 57.8 Å². The summed E-state index contributed by atoms with van der Waals surface area (Å²) >= 11 is 0. The van der Waals surface area contributed by atoms with Gasteiger partial charge in [0.2, 0.25) is 5.89 Å². The number of nitrogens with one attached hydrogen (secondary N) is 2. The fraction of sp³-hybridized carbons (Fsp3) is 0.867. The highest BCUT2D eigenvalue weighted by Gasteiger charge is 2.31. The van der Waals surface area contributed by atoms with Gasteiger partial charge in [0.15, 0.2) is 6.33 Å². The SMILES string of the molecule is c1noc(CCNC2CCCCC2C2CCCCN2)n1. The first-order valence-corrected chi connectivity index (χ1v) is 8.16. The smallest absolute Gasteiger partial charge is 0.227 e. The number of hydrogen-bond acceptors (Lipinski definition) is 5. The summed E-state index contributed by atoms with van der Waals surface area (Å²) in [7, 11) is 0. The molecule has 1 aliphatic carbocycles. The molecular weight excluding hydrogens is 252 g/mol. The molecule has 1 saturated heterocycles. The van der Waals surface area contributed by atoms with Crippen molar-refractivity contribution in [2.45, 2.75) is 63.5 Å². The van der Waals surface area contributed by atoms with Crippen molar-refractivity contribution in [3.8, 4) is 0 Å². The van der Waals surface area contributed by atoms with Crippen molar-refractivity contribution < 1.29 is 4.52 Å². The van der Waals surface area contributed by atoms with Gasteiger partial charge in [-0.3, -0.25) is 0 Å². The normalized spacial score (nSPS) is 31.3. The number of rotatable bonds is 5. The zero-order valence-corrected chi connectivity index (χ0v) is 12.2. The van der Waals surface area contributed by atoms with E-state index in [9.17, 15) is 0 Å². The Bertz CT molecular complexity index is 375. The first kappa shape index (κ1) is 14.0. The van der Waals surface area contributed by atoms with Gasteiger partial charge < -0.3 is 15.2 Å². The van der Waals surface area contributed by atoms with Crippen molar-refractivity contribution in [2.24, 2.45) is 5.92 Å². The van der Waals surface area contributed by atoms with E-state index in [0.717, 1.165) is 30.8 Å². The molecule has 1 saturated carbocycles. The molecule has 0 amide bonds. The van der Waals surface area contributed by atoms with Gasteiger partial charge in [0.25, 0.3) is 0 Å². The van der Waals surface area contributed by atoms with Crippen LogP contribution in [-0.2, 0) is 6.42 Å². The largest absolute Gasteiger partial charge is 0.340 e. The third kappa shape index (κ3) is 3.58. The molecule has 0 aromatic carbocycles. The maximum Gasteiger partial charge on any atom is 0.227 e. The molecule has 2 fully saturated rings. The minimum atomic E-state index is 0.655. The van der Waals surface area contributed by atoms with Crippen LogP contribution in [0.1, 0.15) is 50.8 Å². The summed E-state index contributed by atoms with van der Waals surface area (Å²) in [5, 5.41) is 11.1. The Morgan fingerprint density at radius 1 is 1.20 bits per heavy atom. The van der Waals surface area contributed by atoms with Crippen LogP contribution < -0.4 is 10.6 Å². The highest BCUT2D eigenvalue weighted by molar-refractivity contribution is 4.91. The van der Waals surface area contributed by atoms with Gasteiger partial charge >= 0.3 is 0 Å². The summed E-state index contributed by atoms with van der Waals surface area (Å²) in [6.07, 6.45) is 11.8. The van der Waals surface area contributed by atoms with Crippen molar-refractivity contribution in [1.29, 1.82) is 0 Å². The van der Waals surface area contributed by atoms with E-state index in [0.29, 0.717) is 6.04 Å². The molecule has 1 aliphatic heterocycles. The minimum Gasteiger partial charge on any atom is -0.340 e. The van der Waals surface area contributed by atoms with Crippen molar-refractivity contribution in [3.63, 3.8) is 0 Å². The molecule has 5 heteroatoms. The average molecular weight is 278 g/mol. The number of piperidine rings is 1. The summed E-state index contributed by atoms with van der Waals surface area (Å²) in [6.45, 7) is 2.14. The summed E-state index contributed by atoms with van der Waals surface area (Å²) in [4.78, 5) is 4.08. The van der Waals surface area contributed by atoms with Crippen LogP contribution in [0.15, 0.2) is 10.9 Å². The van der Waals surface area contributed by atoms with Crippen LogP contribution in [0.2, 0.25) is 0 Å². The Morgan fingerprint density at radius 2 is 2.10 bits per heavy atom. The molecule has 0 radical (unpaired) electrons. The van der Waals surface area contributed by atoms with Gasteiger partial charge in [-0.15, -0.1) is 0 Å². The van der Waals surface area contributed by atoms with E-state index >= 15 is 0 Å². The third-order valence-electron chi connectivity index (χ3n) is 4.84. The number of aromatic nitrogens is 2. The van der Waals surface area contributed by atoms with Gasteiger partial charge in [-0.2, -0.15) is 4.98 Å². The molecule has 0 bridgehead atoms. The molecular formula is C15H26N4O. The second-order valence-corrected chi connectivity index (χ2v) is 6.15. The molecule has 0 spiro atoms. The van der Waals surface area contributed by atoms with E-state index < -0.39 is 0 Å². The topological polar surface area (TPSA) is 63.0 Å². The minimum absolute atomic E-state index is 0.655. The molecule has 3 rings (SSSR count). The molecule has 5 nitrogen and oxygen atoms in total. The molecule has 1 aromatic rings. The zero-order chi connectivity index (χ0) is 13.6. The quantitative estimate of drug-likeness (QED) is 0.861. The maximum absolute atomic E-state index is 5.05. The van der Waals surface area contributed by atoms with Gasteiger partial charge in [-0.25, -0.2) is 0 Å². The van der Waals surface area contributed by atoms with Crippen LogP contribution in [0.4, 0.5) is 0 Å². The molecule has 2 heterocycles. The lowest BCUT2D eigenvalue weighted by Crippen LogP contribution is -2.50. The van der Waals surface area contributed by atoms with Crippen LogP contribution in [0.5, 0.6) is 0 Å². The predicted molar refractivity (Wildman–Crippen MR) is 77.4 cm³/mol. The lowest BCUT2D eigenvalue weighted by molar-refractivity contribution is 0.182.